The van der Waals surface area contributed by atoms with Crippen molar-refractivity contribution in [3.05, 3.63) is 0 Å². The van der Waals surface area contributed by atoms with E-state index >= 15 is 0 Å². The summed E-state index contributed by atoms with van der Waals surface area (Å²) in [6.07, 6.45) is 0. The molecule has 0 nitrogen and oxygen atoms in total. The Bertz CT molecular complexity index is 207. The zero-order valence-electron chi connectivity index (χ0n) is 13.1. The van der Waals surface area contributed by atoms with Crippen molar-refractivity contribution in [1.82, 2.24) is 0 Å². The monoisotopic (exact) mass is 290 g/mol. The van der Waals surface area contributed by atoms with Gasteiger partial charge in [-0.3, -0.25) is 0 Å². The van der Waals surface area contributed by atoms with Crippen molar-refractivity contribution >= 4 is 32.7 Å². The highest BCUT2D eigenvalue weighted by Gasteiger charge is 2.36. The summed E-state index contributed by atoms with van der Waals surface area (Å²) in [5, 5.41) is 1.47. The Labute approximate surface area is 123 Å². The molecule has 110 valence electrons. The summed E-state index contributed by atoms with van der Waals surface area (Å²) in [7, 11) is 0.222. The second kappa shape index (κ2) is 7.69. The van der Waals surface area contributed by atoms with Crippen molar-refractivity contribution in [2.75, 3.05) is 12.6 Å². The molecule has 1 atom stereocenters. The third kappa shape index (κ3) is 8.22. The fourth-order valence-electron chi connectivity index (χ4n) is 1.85. The standard InChI is InChI=1S/C14H32P2.2BH3/c1-12(2,3)15(10)11-16(13(4,5)6)14(7,8)9;;/h11H2,1-10H3;2*1H3/t15-;;/m1../s1. The molecule has 18 heavy (non-hydrogen) atoms. The van der Waals surface area contributed by atoms with Crippen LogP contribution in [0.3, 0.4) is 0 Å². The summed E-state index contributed by atoms with van der Waals surface area (Å²) in [5.74, 6) is 1.46. The van der Waals surface area contributed by atoms with E-state index < -0.39 is 0 Å². The van der Waals surface area contributed by atoms with Crippen LogP contribution < -0.4 is 0 Å². The maximum atomic E-state index is 2.49. The van der Waals surface area contributed by atoms with E-state index in [9.17, 15) is 0 Å². The molecule has 0 aliphatic carbocycles. The van der Waals surface area contributed by atoms with Gasteiger partial charge in [-0.25, -0.2) is 0 Å². The Morgan fingerprint density at radius 1 is 0.611 bits per heavy atom. The molecular formula is C14H38B2P2. The first-order valence-corrected chi connectivity index (χ1v) is 9.75. The van der Waals surface area contributed by atoms with Crippen molar-refractivity contribution in [2.45, 2.75) is 77.8 Å². The second-order valence-corrected chi connectivity index (χ2v) is 15.2. The molecule has 0 saturated carbocycles. The van der Waals surface area contributed by atoms with Gasteiger partial charge in [-0.2, -0.15) is 0 Å². The summed E-state index contributed by atoms with van der Waals surface area (Å²) in [6, 6.07) is 0. The maximum Gasteiger partial charge on any atom is 0.0814 e. The average molecular weight is 290 g/mol. The number of rotatable bonds is 2. The van der Waals surface area contributed by atoms with E-state index in [2.05, 4.69) is 69.0 Å². The van der Waals surface area contributed by atoms with Gasteiger partial charge in [0.1, 0.15) is 0 Å². The summed E-state index contributed by atoms with van der Waals surface area (Å²) in [6.45, 7) is 24.2. The van der Waals surface area contributed by atoms with Crippen molar-refractivity contribution in [2.24, 2.45) is 0 Å². The molecule has 0 aromatic carbocycles. The van der Waals surface area contributed by atoms with Gasteiger partial charge in [-0.1, -0.05) is 78.2 Å². The fraction of sp³-hybridized carbons (Fsp3) is 1.00. The lowest BCUT2D eigenvalue weighted by atomic mass is 10.2. The minimum atomic E-state index is 0. The first-order valence-electron chi connectivity index (χ1n) is 6.25. The lowest BCUT2D eigenvalue weighted by Crippen LogP contribution is -2.27. The van der Waals surface area contributed by atoms with E-state index in [1.54, 1.807) is 0 Å². The first-order chi connectivity index (χ1) is 6.76. The molecule has 0 fully saturated rings. The molecule has 0 saturated heterocycles. The Balaban J connectivity index is -0.00000112. The van der Waals surface area contributed by atoms with E-state index in [1.807, 2.05) is 0 Å². The molecular weight excluding hydrogens is 252 g/mol. The van der Waals surface area contributed by atoms with Crippen LogP contribution in [0.1, 0.15) is 62.3 Å². The van der Waals surface area contributed by atoms with Crippen LogP contribution in [-0.4, -0.2) is 44.9 Å². The maximum absolute atomic E-state index is 2.49. The fourth-order valence-corrected chi connectivity index (χ4v) is 10.7. The van der Waals surface area contributed by atoms with Gasteiger partial charge in [0, 0.05) is 0 Å². The van der Waals surface area contributed by atoms with Gasteiger partial charge in [-0.05, 0) is 28.0 Å². The summed E-state index contributed by atoms with van der Waals surface area (Å²) < 4.78 is 0. The Hall–Kier alpha value is 0.990. The molecule has 0 heterocycles. The van der Waals surface area contributed by atoms with Gasteiger partial charge < -0.3 is 0 Å². The minimum absolute atomic E-state index is 0. The van der Waals surface area contributed by atoms with Crippen LogP contribution in [0.5, 0.6) is 0 Å². The predicted octanol–water partition coefficient (Wildman–Crippen LogP) is 3.57. The quantitative estimate of drug-likeness (QED) is 0.539. The van der Waals surface area contributed by atoms with Gasteiger partial charge in [0.15, 0.2) is 0 Å². The van der Waals surface area contributed by atoms with Crippen LogP contribution in [0, 0.1) is 0 Å². The molecule has 0 N–H and O–H groups in total. The van der Waals surface area contributed by atoms with Gasteiger partial charge in [0.25, 0.3) is 0 Å². The normalized spacial score (nSPS) is 14.8. The highest BCUT2D eigenvalue weighted by atomic mass is 31.2. The molecule has 0 radical (unpaired) electrons. The van der Waals surface area contributed by atoms with Crippen molar-refractivity contribution < 1.29 is 0 Å². The minimum Gasteiger partial charge on any atom is -0.0999 e. The SMILES string of the molecule is B.B.C[P@](CP(C(C)(C)C)C(C)(C)C)C(C)(C)C. The van der Waals surface area contributed by atoms with E-state index in [0.717, 1.165) is 0 Å². The van der Waals surface area contributed by atoms with Crippen molar-refractivity contribution in [1.29, 1.82) is 0 Å². The summed E-state index contributed by atoms with van der Waals surface area (Å²) in [5.41, 5.74) is 0. The van der Waals surface area contributed by atoms with Gasteiger partial charge in [0.2, 0.25) is 0 Å². The first kappa shape index (κ1) is 24.0. The third-order valence-electron chi connectivity index (χ3n) is 3.12. The van der Waals surface area contributed by atoms with Gasteiger partial charge in [0.05, 0.1) is 16.8 Å². The van der Waals surface area contributed by atoms with Gasteiger partial charge >= 0.3 is 0 Å². The molecule has 0 unspecified atom stereocenters. The molecule has 0 spiro atoms. The smallest absolute Gasteiger partial charge is 0.0814 e. The number of hydrogen-bond acceptors (Lipinski definition) is 0. The van der Waals surface area contributed by atoms with Gasteiger partial charge in [-0.15, -0.1) is 0 Å². The molecule has 4 heteroatoms. The molecule has 0 aromatic rings. The van der Waals surface area contributed by atoms with Crippen molar-refractivity contribution in [3.8, 4) is 0 Å². The largest absolute Gasteiger partial charge is 0.0999 e. The summed E-state index contributed by atoms with van der Waals surface area (Å²) >= 11 is 0. The van der Waals surface area contributed by atoms with Crippen LogP contribution in [0.4, 0.5) is 0 Å². The Morgan fingerprint density at radius 2 is 0.889 bits per heavy atom. The number of hydrogen-bond donors (Lipinski definition) is 0. The molecule has 0 aromatic heterocycles. The highest BCUT2D eigenvalue weighted by Crippen LogP contribution is 2.66. The second-order valence-electron chi connectivity index (χ2n) is 7.78. The molecule has 0 bridgehead atoms. The topological polar surface area (TPSA) is 0 Å². The average Bonchev–Trinajstić information content (AvgIpc) is 1.92. The van der Waals surface area contributed by atoms with E-state index in [0.29, 0.717) is 15.5 Å². The van der Waals surface area contributed by atoms with Crippen LogP contribution in [0.25, 0.3) is 0 Å². The lowest BCUT2D eigenvalue weighted by Gasteiger charge is -2.45. The van der Waals surface area contributed by atoms with Crippen LogP contribution in [0.2, 0.25) is 0 Å². The third-order valence-corrected chi connectivity index (χ3v) is 11.5. The van der Waals surface area contributed by atoms with Crippen molar-refractivity contribution in [3.63, 3.8) is 0 Å². The predicted molar refractivity (Wildman–Crippen MR) is 104 cm³/mol. The zero-order valence-corrected chi connectivity index (χ0v) is 14.9. The zero-order chi connectivity index (χ0) is 13.4. The van der Waals surface area contributed by atoms with E-state index in [-0.39, 0.29) is 32.7 Å². The molecule has 0 aliphatic rings. The molecule has 0 amide bonds. The Morgan fingerprint density at radius 3 is 1.06 bits per heavy atom. The molecule has 0 rings (SSSR count). The summed E-state index contributed by atoms with van der Waals surface area (Å²) in [4.78, 5) is 0. The van der Waals surface area contributed by atoms with E-state index in [1.165, 1.54) is 5.90 Å². The lowest BCUT2D eigenvalue weighted by molar-refractivity contribution is 0.708. The Kier molecular flexibility index (Phi) is 10.3. The highest BCUT2D eigenvalue weighted by molar-refractivity contribution is 7.76. The van der Waals surface area contributed by atoms with Crippen LogP contribution in [-0.2, 0) is 0 Å². The van der Waals surface area contributed by atoms with Crippen LogP contribution >= 0.6 is 15.8 Å². The van der Waals surface area contributed by atoms with E-state index in [4.69, 9.17) is 0 Å². The molecule has 0 aliphatic heterocycles. The van der Waals surface area contributed by atoms with Crippen LogP contribution in [0.15, 0.2) is 0 Å².